The van der Waals surface area contributed by atoms with Crippen LogP contribution >= 0.6 is 11.6 Å². The van der Waals surface area contributed by atoms with E-state index in [0.717, 1.165) is 19.3 Å². The first-order valence-electron chi connectivity index (χ1n) is 5.59. The van der Waals surface area contributed by atoms with Crippen molar-refractivity contribution < 1.29 is 13.2 Å². The topological polar surface area (TPSA) is 63.2 Å². The lowest BCUT2D eigenvalue weighted by molar-refractivity contribution is -0.121. The number of hydrogen-bond donors (Lipinski definition) is 1. The van der Waals surface area contributed by atoms with Crippen molar-refractivity contribution in [1.29, 1.82) is 0 Å². The number of nitrogens with one attached hydrogen (secondary N) is 1. The average Bonchev–Trinajstić information content (AvgIpc) is 2.97. The van der Waals surface area contributed by atoms with Crippen LogP contribution in [0.2, 0.25) is 0 Å². The summed E-state index contributed by atoms with van der Waals surface area (Å²) >= 11 is 5.75. The second-order valence-corrected chi connectivity index (χ2v) is 7.32. The summed E-state index contributed by atoms with van der Waals surface area (Å²) in [5.41, 5.74) is -0.314. The van der Waals surface area contributed by atoms with Gasteiger partial charge in [-0.1, -0.05) is 6.42 Å². The summed E-state index contributed by atoms with van der Waals surface area (Å²) in [7, 11) is -3.23. The molecule has 0 spiro atoms. The van der Waals surface area contributed by atoms with Crippen molar-refractivity contribution in [3.8, 4) is 0 Å². The van der Waals surface area contributed by atoms with Gasteiger partial charge in [-0.15, -0.1) is 11.6 Å². The zero-order valence-corrected chi connectivity index (χ0v) is 10.6. The molecule has 1 aliphatic carbocycles. The van der Waals surface area contributed by atoms with Gasteiger partial charge in [-0.3, -0.25) is 4.79 Å². The zero-order chi connectivity index (χ0) is 11.8. The lowest BCUT2D eigenvalue weighted by atomic mass is 10.1. The van der Waals surface area contributed by atoms with E-state index in [1.54, 1.807) is 0 Å². The molecule has 1 N–H and O–H groups in total. The maximum atomic E-state index is 11.9. The van der Waals surface area contributed by atoms with E-state index in [1.807, 2.05) is 0 Å². The molecule has 1 unspecified atom stereocenters. The van der Waals surface area contributed by atoms with E-state index < -0.39 is 15.1 Å². The summed E-state index contributed by atoms with van der Waals surface area (Å²) in [6.07, 6.45) is 3.65. The van der Waals surface area contributed by atoms with Crippen LogP contribution in [-0.2, 0) is 14.6 Å². The van der Waals surface area contributed by atoms with Gasteiger partial charge >= 0.3 is 0 Å². The third kappa shape index (κ3) is 2.35. The lowest BCUT2D eigenvalue weighted by Gasteiger charge is -2.24. The molecule has 0 radical (unpaired) electrons. The Hall–Kier alpha value is -0.290. The van der Waals surface area contributed by atoms with Crippen LogP contribution in [0.3, 0.4) is 0 Å². The average molecular weight is 266 g/mol. The van der Waals surface area contributed by atoms with Crippen molar-refractivity contribution in [3.05, 3.63) is 0 Å². The molecule has 2 aliphatic rings. The Morgan fingerprint density at radius 1 is 1.38 bits per heavy atom. The van der Waals surface area contributed by atoms with Crippen molar-refractivity contribution in [2.75, 3.05) is 11.6 Å². The van der Waals surface area contributed by atoms with Gasteiger partial charge in [0.05, 0.1) is 11.3 Å². The molecule has 0 aromatic carbocycles. The summed E-state index contributed by atoms with van der Waals surface area (Å²) in [5.74, 6) is 0.155. The first-order valence-corrected chi connectivity index (χ1v) is 7.84. The van der Waals surface area contributed by atoms with Gasteiger partial charge in [0, 0.05) is 5.88 Å². The van der Waals surface area contributed by atoms with Crippen molar-refractivity contribution >= 4 is 27.3 Å². The van der Waals surface area contributed by atoms with E-state index >= 15 is 0 Å². The molecular formula is C10H16ClNO3S. The Labute approximate surface area is 101 Å². The first-order chi connectivity index (χ1) is 7.49. The number of halogens is 1. The van der Waals surface area contributed by atoms with Crippen molar-refractivity contribution in [2.24, 2.45) is 0 Å². The number of rotatable bonds is 3. The largest absolute Gasteiger partial charge is 0.348 e. The van der Waals surface area contributed by atoms with Gasteiger partial charge < -0.3 is 5.32 Å². The smallest absolute Gasteiger partial charge is 0.238 e. The maximum absolute atomic E-state index is 11.9. The van der Waals surface area contributed by atoms with Gasteiger partial charge in [-0.25, -0.2) is 8.42 Å². The number of carbonyl (C=O) groups excluding carboxylic acids is 1. The van der Waals surface area contributed by atoms with E-state index in [9.17, 15) is 13.2 Å². The standard InChI is InChI=1S/C10H16ClNO3S/c11-7-10(4-5-10)12-9(13)8-3-1-2-6-16(8,14)15/h8H,1-7H2,(H,12,13). The highest BCUT2D eigenvalue weighted by atomic mass is 35.5. The van der Waals surface area contributed by atoms with Gasteiger partial charge in [-0.2, -0.15) is 0 Å². The van der Waals surface area contributed by atoms with Crippen LogP contribution < -0.4 is 5.32 Å². The summed E-state index contributed by atoms with van der Waals surface area (Å²) < 4.78 is 23.4. The third-order valence-corrected chi connectivity index (χ3v) is 6.05. The molecule has 0 aromatic heterocycles. The van der Waals surface area contributed by atoms with Gasteiger partial charge in [0.1, 0.15) is 5.25 Å². The second-order valence-electron chi connectivity index (χ2n) is 4.75. The van der Waals surface area contributed by atoms with Gasteiger partial charge in [0.2, 0.25) is 5.91 Å². The fourth-order valence-electron chi connectivity index (χ4n) is 2.03. The molecule has 1 saturated heterocycles. The van der Waals surface area contributed by atoms with Crippen LogP contribution in [0.1, 0.15) is 32.1 Å². The minimum absolute atomic E-state index is 0.138. The Morgan fingerprint density at radius 2 is 2.06 bits per heavy atom. The number of amides is 1. The number of alkyl halides is 1. The van der Waals surface area contributed by atoms with Crippen molar-refractivity contribution in [2.45, 2.75) is 42.9 Å². The SMILES string of the molecule is O=C(NC1(CCl)CC1)C1CCCCS1(=O)=O. The Morgan fingerprint density at radius 3 is 2.56 bits per heavy atom. The van der Waals surface area contributed by atoms with E-state index in [-0.39, 0.29) is 17.2 Å². The Bertz CT molecular complexity index is 389. The van der Waals surface area contributed by atoms with Crippen LogP contribution in [0.15, 0.2) is 0 Å². The van der Waals surface area contributed by atoms with Gasteiger partial charge in [0.25, 0.3) is 0 Å². The molecule has 1 amide bonds. The van der Waals surface area contributed by atoms with Crippen LogP contribution in [-0.4, -0.2) is 36.7 Å². The minimum atomic E-state index is -3.23. The monoisotopic (exact) mass is 265 g/mol. The normalized spacial score (nSPS) is 30.7. The van der Waals surface area contributed by atoms with Crippen molar-refractivity contribution in [3.63, 3.8) is 0 Å². The predicted molar refractivity (Wildman–Crippen MR) is 62.3 cm³/mol. The molecule has 4 nitrogen and oxygen atoms in total. The van der Waals surface area contributed by atoms with E-state index in [1.165, 1.54) is 0 Å². The molecule has 1 saturated carbocycles. The van der Waals surface area contributed by atoms with Crippen LogP contribution in [0.25, 0.3) is 0 Å². The molecule has 2 fully saturated rings. The number of sulfone groups is 1. The summed E-state index contributed by atoms with van der Waals surface area (Å²) in [4.78, 5) is 11.9. The first kappa shape index (κ1) is 12.2. The van der Waals surface area contributed by atoms with Gasteiger partial charge in [-0.05, 0) is 25.7 Å². The number of carbonyl (C=O) groups is 1. The van der Waals surface area contributed by atoms with E-state index in [4.69, 9.17) is 11.6 Å². The third-order valence-electron chi connectivity index (χ3n) is 3.37. The second kappa shape index (κ2) is 4.18. The molecule has 1 aliphatic heterocycles. The molecule has 6 heteroatoms. The highest BCUT2D eigenvalue weighted by Crippen LogP contribution is 2.37. The molecule has 1 atom stereocenters. The number of hydrogen-bond acceptors (Lipinski definition) is 3. The molecule has 0 aromatic rings. The summed E-state index contributed by atoms with van der Waals surface area (Å²) in [5, 5.41) is 1.95. The Kier molecular flexibility index (Phi) is 3.18. The molecule has 2 rings (SSSR count). The Balaban J connectivity index is 2.04. The fourth-order valence-corrected chi connectivity index (χ4v) is 4.17. The van der Waals surface area contributed by atoms with E-state index in [0.29, 0.717) is 18.7 Å². The van der Waals surface area contributed by atoms with Crippen molar-refractivity contribution in [1.82, 2.24) is 5.32 Å². The predicted octanol–water partition coefficient (Wildman–Crippen LogP) is 0.841. The maximum Gasteiger partial charge on any atom is 0.238 e. The quantitative estimate of drug-likeness (QED) is 0.770. The molecular weight excluding hydrogens is 250 g/mol. The molecule has 1 heterocycles. The molecule has 16 heavy (non-hydrogen) atoms. The highest BCUT2D eigenvalue weighted by molar-refractivity contribution is 7.92. The minimum Gasteiger partial charge on any atom is -0.348 e. The van der Waals surface area contributed by atoms with Crippen LogP contribution in [0.5, 0.6) is 0 Å². The molecule has 92 valence electrons. The van der Waals surface area contributed by atoms with E-state index in [2.05, 4.69) is 5.32 Å². The summed E-state index contributed by atoms with van der Waals surface area (Å²) in [6.45, 7) is 0. The highest BCUT2D eigenvalue weighted by Gasteiger charge is 2.46. The van der Waals surface area contributed by atoms with Crippen LogP contribution in [0, 0.1) is 0 Å². The summed E-state index contributed by atoms with van der Waals surface area (Å²) in [6, 6.07) is 0. The molecule has 0 bridgehead atoms. The fraction of sp³-hybridized carbons (Fsp3) is 0.900. The lowest BCUT2D eigenvalue weighted by Crippen LogP contribution is -2.48. The zero-order valence-electron chi connectivity index (χ0n) is 9.04. The van der Waals surface area contributed by atoms with Gasteiger partial charge in [0.15, 0.2) is 9.84 Å². The van der Waals surface area contributed by atoms with Crippen LogP contribution in [0.4, 0.5) is 0 Å².